The number of aromatic nitrogens is 2. The first-order valence-electron chi connectivity index (χ1n) is 10.5. The second-order valence-electron chi connectivity index (χ2n) is 7.51. The molecule has 0 bridgehead atoms. The molecule has 4 rings (SSSR count). The highest BCUT2D eigenvalue weighted by molar-refractivity contribution is 6.07. The van der Waals surface area contributed by atoms with Crippen LogP contribution in [0.5, 0.6) is 5.75 Å². The van der Waals surface area contributed by atoms with Crippen molar-refractivity contribution < 1.29 is 37.0 Å². The minimum Gasteiger partial charge on any atom is -0.488 e. The molecule has 36 heavy (non-hydrogen) atoms. The van der Waals surface area contributed by atoms with Gasteiger partial charge in [0.15, 0.2) is 5.69 Å². The van der Waals surface area contributed by atoms with Crippen LogP contribution in [0.3, 0.4) is 0 Å². The summed E-state index contributed by atoms with van der Waals surface area (Å²) in [4.78, 5) is 25.6. The van der Waals surface area contributed by atoms with Crippen molar-refractivity contribution in [2.45, 2.75) is 6.61 Å². The van der Waals surface area contributed by atoms with E-state index in [-0.39, 0.29) is 40.4 Å². The van der Waals surface area contributed by atoms with Crippen molar-refractivity contribution in [3.05, 3.63) is 101 Å². The Morgan fingerprint density at radius 1 is 0.833 bits per heavy atom. The van der Waals surface area contributed by atoms with E-state index >= 15 is 0 Å². The number of methoxy groups -OCH3 is 2. The Balaban J connectivity index is 1.89. The van der Waals surface area contributed by atoms with Crippen molar-refractivity contribution in [1.29, 1.82) is 0 Å². The molecule has 7 nitrogen and oxygen atoms in total. The van der Waals surface area contributed by atoms with Gasteiger partial charge in [0.25, 0.3) is 0 Å². The van der Waals surface area contributed by atoms with Gasteiger partial charge in [-0.05, 0) is 42.0 Å². The molecule has 10 heteroatoms. The predicted molar refractivity (Wildman–Crippen MR) is 122 cm³/mol. The molecule has 0 saturated carbocycles. The molecule has 0 unspecified atom stereocenters. The molecular weight excluding hydrogens is 477 g/mol. The number of rotatable bonds is 7. The fraction of sp³-hybridized carbons (Fsp3) is 0.115. The van der Waals surface area contributed by atoms with Gasteiger partial charge in [0, 0.05) is 17.7 Å². The minimum atomic E-state index is -0.893. The largest absolute Gasteiger partial charge is 0.488 e. The highest BCUT2D eigenvalue weighted by Crippen LogP contribution is 2.36. The molecule has 0 aliphatic rings. The average molecular weight is 496 g/mol. The number of halogens is 3. The number of esters is 2. The van der Waals surface area contributed by atoms with E-state index in [1.807, 2.05) is 0 Å². The molecule has 184 valence electrons. The summed E-state index contributed by atoms with van der Waals surface area (Å²) >= 11 is 0. The summed E-state index contributed by atoms with van der Waals surface area (Å²) in [6, 6.07) is 14.8. The van der Waals surface area contributed by atoms with Crippen molar-refractivity contribution in [1.82, 2.24) is 9.78 Å². The molecule has 0 N–H and O–H groups in total. The van der Waals surface area contributed by atoms with Crippen LogP contribution in [0, 0.1) is 17.5 Å². The molecule has 0 saturated heterocycles. The van der Waals surface area contributed by atoms with E-state index in [1.165, 1.54) is 10.7 Å². The first kappa shape index (κ1) is 24.5. The number of ether oxygens (including phenoxy) is 3. The zero-order valence-electron chi connectivity index (χ0n) is 19.1. The van der Waals surface area contributed by atoms with Crippen molar-refractivity contribution in [2.24, 2.45) is 0 Å². The zero-order chi connectivity index (χ0) is 25.8. The van der Waals surface area contributed by atoms with Crippen LogP contribution in [0.15, 0.2) is 66.7 Å². The first-order chi connectivity index (χ1) is 17.3. The van der Waals surface area contributed by atoms with Crippen LogP contribution in [-0.2, 0) is 16.1 Å². The van der Waals surface area contributed by atoms with Crippen LogP contribution < -0.4 is 4.74 Å². The summed E-state index contributed by atoms with van der Waals surface area (Å²) in [5.74, 6) is -4.11. The number of hydrogen-bond acceptors (Lipinski definition) is 6. The van der Waals surface area contributed by atoms with Gasteiger partial charge in [-0.2, -0.15) is 5.10 Å². The lowest BCUT2D eigenvalue weighted by atomic mass is 10.0. The number of para-hydroxylation sites is 1. The number of nitrogens with zero attached hydrogens (tertiary/aromatic N) is 2. The lowest BCUT2D eigenvalue weighted by Crippen LogP contribution is -2.15. The summed E-state index contributed by atoms with van der Waals surface area (Å²) in [6.07, 6.45) is 0. The normalized spacial score (nSPS) is 10.7. The number of benzene rings is 3. The van der Waals surface area contributed by atoms with E-state index in [9.17, 15) is 22.8 Å². The lowest BCUT2D eigenvalue weighted by Gasteiger charge is -2.12. The van der Waals surface area contributed by atoms with Crippen LogP contribution >= 0.6 is 0 Å². The fourth-order valence-corrected chi connectivity index (χ4v) is 3.61. The maximum absolute atomic E-state index is 14.2. The standard InChI is InChI=1S/C26H19F3N2O5/c1-34-25(32)22-23(30-31(24(22)26(33)35-2)19-6-4-3-5-7-19)20-9-8-16(27)13-21(20)36-14-15-10-17(28)12-18(29)11-15/h3-13H,14H2,1-2H3. The van der Waals surface area contributed by atoms with Crippen molar-refractivity contribution >= 4 is 11.9 Å². The maximum atomic E-state index is 14.2. The Bertz CT molecular complexity index is 1420. The molecule has 1 heterocycles. The highest BCUT2D eigenvalue weighted by Gasteiger charge is 2.32. The van der Waals surface area contributed by atoms with Crippen LogP contribution in [0.25, 0.3) is 16.9 Å². The van der Waals surface area contributed by atoms with Crippen molar-refractivity contribution in [3.8, 4) is 22.7 Å². The van der Waals surface area contributed by atoms with Gasteiger partial charge in [0.2, 0.25) is 0 Å². The molecule has 0 spiro atoms. The molecule has 3 aromatic carbocycles. The predicted octanol–water partition coefficient (Wildman–Crippen LogP) is 5.11. The number of carbonyl (C=O) groups is 2. The molecular formula is C26H19F3N2O5. The van der Waals surface area contributed by atoms with E-state index in [4.69, 9.17) is 14.2 Å². The highest BCUT2D eigenvalue weighted by atomic mass is 19.1. The van der Waals surface area contributed by atoms with Gasteiger partial charge in [-0.25, -0.2) is 27.4 Å². The summed E-state index contributed by atoms with van der Waals surface area (Å²) in [5.41, 5.74) is 0.226. The molecule has 0 fully saturated rings. The van der Waals surface area contributed by atoms with Crippen LogP contribution in [0.1, 0.15) is 26.4 Å². The second kappa shape index (κ2) is 10.3. The topological polar surface area (TPSA) is 79.7 Å². The molecule has 0 atom stereocenters. The Morgan fingerprint density at radius 3 is 2.14 bits per heavy atom. The van der Waals surface area contributed by atoms with Gasteiger partial charge >= 0.3 is 11.9 Å². The third-order valence-electron chi connectivity index (χ3n) is 5.17. The van der Waals surface area contributed by atoms with Crippen LogP contribution in [-0.4, -0.2) is 35.9 Å². The van der Waals surface area contributed by atoms with Crippen molar-refractivity contribution in [2.75, 3.05) is 14.2 Å². The van der Waals surface area contributed by atoms with Gasteiger partial charge in [-0.3, -0.25) is 0 Å². The Hall–Kier alpha value is -4.60. The smallest absolute Gasteiger partial charge is 0.357 e. The third-order valence-corrected chi connectivity index (χ3v) is 5.17. The average Bonchev–Trinajstić information content (AvgIpc) is 3.27. The fourth-order valence-electron chi connectivity index (χ4n) is 3.61. The molecule has 0 amide bonds. The summed E-state index contributed by atoms with van der Waals surface area (Å²) in [6.45, 7) is -0.318. The Morgan fingerprint density at radius 2 is 1.50 bits per heavy atom. The monoisotopic (exact) mass is 496 g/mol. The number of carbonyl (C=O) groups excluding carboxylic acids is 2. The minimum absolute atomic E-state index is 0.0495. The SMILES string of the molecule is COC(=O)c1c(-c2ccc(F)cc2OCc2cc(F)cc(F)c2)nn(-c2ccccc2)c1C(=O)OC. The molecule has 0 aliphatic carbocycles. The van der Waals surface area contributed by atoms with Gasteiger partial charge in [-0.15, -0.1) is 0 Å². The van der Waals surface area contributed by atoms with Gasteiger partial charge < -0.3 is 14.2 Å². The lowest BCUT2D eigenvalue weighted by molar-refractivity contribution is 0.0549. The number of hydrogen-bond donors (Lipinski definition) is 0. The first-order valence-corrected chi connectivity index (χ1v) is 10.5. The maximum Gasteiger partial charge on any atom is 0.357 e. The zero-order valence-corrected chi connectivity index (χ0v) is 19.1. The Kier molecular flexibility index (Phi) is 7.05. The van der Waals surface area contributed by atoms with Gasteiger partial charge in [-0.1, -0.05) is 18.2 Å². The molecule has 0 radical (unpaired) electrons. The molecule has 1 aromatic heterocycles. The van der Waals surface area contributed by atoms with E-state index in [0.29, 0.717) is 11.8 Å². The summed E-state index contributed by atoms with van der Waals surface area (Å²) in [5, 5.41) is 4.45. The van der Waals surface area contributed by atoms with Crippen molar-refractivity contribution in [3.63, 3.8) is 0 Å². The summed E-state index contributed by atoms with van der Waals surface area (Å²) < 4.78 is 58.1. The second-order valence-corrected chi connectivity index (χ2v) is 7.51. The molecule has 0 aliphatic heterocycles. The summed E-state index contributed by atoms with van der Waals surface area (Å²) in [7, 11) is 2.28. The molecule has 4 aromatic rings. The van der Waals surface area contributed by atoms with E-state index in [0.717, 1.165) is 38.5 Å². The van der Waals surface area contributed by atoms with E-state index in [1.54, 1.807) is 30.3 Å². The van der Waals surface area contributed by atoms with E-state index in [2.05, 4.69) is 5.10 Å². The van der Waals surface area contributed by atoms with Crippen LogP contribution in [0.4, 0.5) is 13.2 Å². The Labute approximate surface area is 203 Å². The third kappa shape index (κ3) is 4.92. The van der Waals surface area contributed by atoms with E-state index < -0.39 is 29.4 Å². The van der Waals surface area contributed by atoms with Gasteiger partial charge in [0.1, 0.15) is 41.1 Å². The quantitative estimate of drug-likeness (QED) is 0.331. The van der Waals surface area contributed by atoms with Crippen LogP contribution in [0.2, 0.25) is 0 Å². The van der Waals surface area contributed by atoms with Gasteiger partial charge in [0.05, 0.1) is 19.9 Å².